The zero-order valence-corrected chi connectivity index (χ0v) is 10.2. The van der Waals surface area contributed by atoms with Crippen LogP contribution in [0.15, 0.2) is 6.07 Å². The maximum Gasteiger partial charge on any atom is 0.173 e. The molecule has 0 aromatic carbocycles. The second-order valence-electron chi connectivity index (χ2n) is 3.72. The van der Waals surface area contributed by atoms with E-state index < -0.39 is 0 Å². The Hall–Kier alpha value is -0.950. The average molecular weight is 228 g/mol. The van der Waals surface area contributed by atoms with E-state index in [9.17, 15) is 0 Å². The summed E-state index contributed by atoms with van der Waals surface area (Å²) < 4.78 is 12.2. The van der Waals surface area contributed by atoms with E-state index >= 15 is 0 Å². The number of aromatic nitrogens is 2. The van der Waals surface area contributed by atoms with Crippen LogP contribution in [0.25, 0.3) is 0 Å². The van der Waals surface area contributed by atoms with Crippen LogP contribution in [0.1, 0.15) is 11.4 Å². The summed E-state index contributed by atoms with van der Waals surface area (Å²) in [5.74, 6) is 5.49. The molecule has 92 valence electrons. The third-order valence-electron chi connectivity index (χ3n) is 2.54. The monoisotopic (exact) mass is 228 g/mol. The Morgan fingerprint density at radius 3 is 2.50 bits per heavy atom. The Labute approximate surface area is 95.7 Å². The molecule has 1 heterocycles. The van der Waals surface area contributed by atoms with Crippen molar-refractivity contribution in [2.24, 2.45) is 12.9 Å². The van der Waals surface area contributed by atoms with E-state index in [2.05, 4.69) is 10.5 Å². The molecule has 6 heteroatoms. The van der Waals surface area contributed by atoms with Gasteiger partial charge in [0.15, 0.2) is 6.29 Å². The van der Waals surface area contributed by atoms with Gasteiger partial charge in [-0.1, -0.05) is 0 Å². The van der Waals surface area contributed by atoms with Gasteiger partial charge in [0.05, 0.1) is 11.7 Å². The van der Waals surface area contributed by atoms with Gasteiger partial charge in [0.2, 0.25) is 0 Å². The van der Waals surface area contributed by atoms with Gasteiger partial charge < -0.3 is 9.47 Å². The molecular formula is C10H20N4O2. The topological polar surface area (TPSA) is 74.3 Å². The molecule has 6 nitrogen and oxygen atoms in total. The summed E-state index contributed by atoms with van der Waals surface area (Å²) in [6.07, 6.45) is 0.320. The number of rotatable bonds is 6. The summed E-state index contributed by atoms with van der Waals surface area (Å²) in [5.41, 5.74) is 4.77. The van der Waals surface area contributed by atoms with Crippen molar-refractivity contribution in [1.82, 2.24) is 15.2 Å². The normalized spacial score (nSPS) is 13.4. The van der Waals surface area contributed by atoms with Crippen molar-refractivity contribution in [3.63, 3.8) is 0 Å². The number of nitrogens with two attached hydrogens (primary N) is 1. The van der Waals surface area contributed by atoms with Crippen molar-refractivity contribution < 1.29 is 9.47 Å². The van der Waals surface area contributed by atoms with Crippen LogP contribution in [0.2, 0.25) is 0 Å². The number of hydrogen-bond acceptors (Lipinski definition) is 5. The van der Waals surface area contributed by atoms with Crippen LogP contribution in [-0.2, 0) is 22.9 Å². The smallest absolute Gasteiger partial charge is 0.173 e. The van der Waals surface area contributed by atoms with Crippen molar-refractivity contribution in [2.75, 3.05) is 14.2 Å². The summed E-state index contributed by atoms with van der Waals surface area (Å²) in [4.78, 5) is 0. The molecule has 1 unspecified atom stereocenters. The SMILES string of the molecule is COC(OC)C(Cc1cc(C)nn1C)NN. The van der Waals surface area contributed by atoms with Gasteiger partial charge in [0, 0.05) is 33.4 Å². The molecule has 0 saturated heterocycles. The van der Waals surface area contributed by atoms with Crippen LogP contribution in [0, 0.1) is 6.92 Å². The molecule has 1 rings (SSSR count). The molecule has 0 aliphatic rings. The maximum absolute atomic E-state index is 5.49. The van der Waals surface area contributed by atoms with Crippen LogP contribution in [0.3, 0.4) is 0 Å². The fourth-order valence-electron chi connectivity index (χ4n) is 1.74. The predicted octanol–water partition coefficient (Wildman–Crippen LogP) is -0.278. The predicted molar refractivity (Wildman–Crippen MR) is 60.6 cm³/mol. The zero-order chi connectivity index (χ0) is 12.1. The molecule has 0 radical (unpaired) electrons. The Balaban J connectivity index is 2.73. The van der Waals surface area contributed by atoms with Crippen LogP contribution in [0.4, 0.5) is 0 Å². The van der Waals surface area contributed by atoms with Crippen molar-refractivity contribution in [2.45, 2.75) is 25.7 Å². The highest BCUT2D eigenvalue weighted by molar-refractivity contribution is 5.10. The minimum Gasteiger partial charge on any atom is -0.354 e. The number of nitrogens with zero attached hydrogens (tertiary/aromatic N) is 2. The van der Waals surface area contributed by atoms with Gasteiger partial charge in [-0.05, 0) is 13.0 Å². The lowest BCUT2D eigenvalue weighted by Crippen LogP contribution is -2.47. The van der Waals surface area contributed by atoms with Gasteiger partial charge in [0.1, 0.15) is 0 Å². The van der Waals surface area contributed by atoms with Crippen LogP contribution < -0.4 is 11.3 Å². The van der Waals surface area contributed by atoms with Gasteiger partial charge >= 0.3 is 0 Å². The lowest BCUT2D eigenvalue weighted by Gasteiger charge is -2.23. The molecule has 0 spiro atoms. The summed E-state index contributed by atoms with van der Waals surface area (Å²) in [6, 6.07) is 1.91. The molecule has 0 saturated carbocycles. The number of ether oxygens (including phenoxy) is 2. The molecule has 3 N–H and O–H groups in total. The van der Waals surface area contributed by atoms with Crippen LogP contribution >= 0.6 is 0 Å². The van der Waals surface area contributed by atoms with E-state index in [1.54, 1.807) is 14.2 Å². The van der Waals surface area contributed by atoms with Crippen molar-refractivity contribution >= 4 is 0 Å². The second-order valence-corrected chi connectivity index (χ2v) is 3.72. The third kappa shape index (κ3) is 3.02. The first-order valence-electron chi connectivity index (χ1n) is 5.13. The van der Waals surface area contributed by atoms with E-state index in [1.165, 1.54) is 0 Å². The third-order valence-corrected chi connectivity index (χ3v) is 2.54. The van der Waals surface area contributed by atoms with Gasteiger partial charge in [0.25, 0.3) is 0 Å². The van der Waals surface area contributed by atoms with E-state index in [4.69, 9.17) is 15.3 Å². The minimum absolute atomic E-state index is 0.107. The summed E-state index contributed by atoms with van der Waals surface area (Å²) >= 11 is 0. The summed E-state index contributed by atoms with van der Waals surface area (Å²) in [5, 5.41) is 4.28. The van der Waals surface area contributed by atoms with Gasteiger partial charge in [-0.15, -0.1) is 0 Å². The van der Waals surface area contributed by atoms with E-state index in [0.29, 0.717) is 6.42 Å². The highest BCUT2D eigenvalue weighted by Gasteiger charge is 2.21. The molecule has 0 bridgehead atoms. The van der Waals surface area contributed by atoms with Gasteiger partial charge in [-0.25, -0.2) is 0 Å². The van der Waals surface area contributed by atoms with Crippen molar-refractivity contribution in [3.8, 4) is 0 Å². The van der Waals surface area contributed by atoms with Crippen molar-refractivity contribution in [1.29, 1.82) is 0 Å². The maximum atomic E-state index is 5.49. The molecule has 1 aromatic heterocycles. The Kier molecular flexibility index (Phi) is 4.88. The molecule has 1 aromatic rings. The molecular weight excluding hydrogens is 208 g/mol. The zero-order valence-electron chi connectivity index (χ0n) is 10.2. The van der Waals surface area contributed by atoms with E-state index in [-0.39, 0.29) is 12.3 Å². The summed E-state index contributed by atoms with van der Waals surface area (Å²) in [7, 11) is 5.09. The Morgan fingerprint density at radius 2 is 2.12 bits per heavy atom. The fraction of sp³-hybridized carbons (Fsp3) is 0.700. The number of hydrogen-bond donors (Lipinski definition) is 2. The van der Waals surface area contributed by atoms with Crippen molar-refractivity contribution in [3.05, 3.63) is 17.5 Å². The van der Waals surface area contributed by atoms with Crippen LogP contribution in [-0.4, -0.2) is 36.3 Å². The Morgan fingerprint density at radius 1 is 1.50 bits per heavy atom. The first-order chi connectivity index (χ1) is 7.62. The van der Waals surface area contributed by atoms with Crippen LogP contribution in [0.5, 0.6) is 0 Å². The summed E-state index contributed by atoms with van der Waals surface area (Å²) in [6.45, 7) is 1.96. The number of aryl methyl sites for hydroxylation is 2. The number of methoxy groups -OCH3 is 2. The molecule has 1 atom stereocenters. The molecule has 16 heavy (non-hydrogen) atoms. The lowest BCUT2D eigenvalue weighted by molar-refractivity contribution is -0.122. The molecule has 0 fully saturated rings. The largest absolute Gasteiger partial charge is 0.354 e. The van der Waals surface area contributed by atoms with Gasteiger partial charge in [-0.3, -0.25) is 16.0 Å². The first-order valence-corrected chi connectivity index (χ1v) is 5.13. The first kappa shape index (κ1) is 13.1. The van der Waals surface area contributed by atoms with E-state index in [0.717, 1.165) is 11.4 Å². The quantitative estimate of drug-likeness (QED) is 0.398. The fourth-order valence-corrected chi connectivity index (χ4v) is 1.74. The minimum atomic E-state index is -0.375. The Bertz CT molecular complexity index is 323. The number of hydrazine groups is 1. The van der Waals surface area contributed by atoms with Gasteiger partial charge in [-0.2, -0.15) is 5.10 Å². The van der Waals surface area contributed by atoms with E-state index in [1.807, 2.05) is 24.7 Å². The second kappa shape index (κ2) is 5.95. The molecule has 0 amide bonds. The number of nitrogens with one attached hydrogen (secondary N) is 1. The average Bonchev–Trinajstić information content (AvgIpc) is 2.57. The standard InChI is InChI=1S/C10H20N4O2/c1-7-5-8(14(2)13-7)6-9(12-11)10(15-3)16-4/h5,9-10,12H,6,11H2,1-4H3. The molecule has 0 aliphatic carbocycles. The highest BCUT2D eigenvalue weighted by atomic mass is 16.7. The molecule has 0 aliphatic heterocycles. The lowest BCUT2D eigenvalue weighted by atomic mass is 10.1. The highest BCUT2D eigenvalue weighted by Crippen LogP contribution is 2.09.